The maximum Gasteiger partial charge on any atom is 0.266 e. The van der Waals surface area contributed by atoms with Crippen LogP contribution in [0.3, 0.4) is 0 Å². The van der Waals surface area contributed by atoms with Gasteiger partial charge in [-0.1, -0.05) is 15.9 Å². The van der Waals surface area contributed by atoms with E-state index in [1.165, 1.54) is 13.8 Å². The van der Waals surface area contributed by atoms with Gasteiger partial charge < -0.3 is 0 Å². The summed E-state index contributed by atoms with van der Waals surface area (Å²) in [5, 5.41) is 2.14. The van der Waals surface area contributed by atoms with Crippen LogP contribution in [-0.2, 0) is 19.2 Å². The molecule has 0 unspecified atom stereocenters. The van der Waals surface area contributed by atoms with Crippen LogP contribution in [0.15, 0.2) is 51.0 Å². The predicted molar refractivity (Wildman–Crippen MR) is 85.2 cm³/mol. The summed E-state index contributed by atoms with van der Waals surface area (Å²) in [6, 6.07) is 6.66. The van der Waals surface area contributed by atoms with Crippen molar-refractivity contribution in [3.05, 3.63) is 51.0 Å². The monoisotopic (exact) mass is 374 g/mol. The number of nitrogens with one attached hydrogen (secondary N) is 1. The van der Waals surface area contributed by atoms with Gasteiger partial charge >= 0.3 is 0 Å². The summed E-state index contributed by atoms with van der Waals surface area (Å²) >= 11 is 3.29. The van der Waals surface area contributed by atoms with Crippen LogP contribution in [0.25, 0.3) is 0 Å². The number of carbonyl (C=O) groups is 4. The molecule has 23 heavy (non-hydrogen) atoms. The minimum Gasteiger partial charge on any atom is -0.288 e. The molecule has 116 valence electrons. The second kappa shape index (κ2) is 5.27. The van der Waals surface area contributed by atoms with Gasteiger partial charge in [0.1, 0.15) is 0 Å². The van der Waals surface area contributed by atoms with Gasteiger partial charge in [-0.05, 0) is 38.1 Å². The highest BCUT2D eigenvalue weighted by atomic mass is 79.9. The predicted octanol–water partition coefficient (Wildman–Crippen LogP) is 1.61. The molecule has 0 aliphatic carbocycles. The van der Waals surface area contributed by atoms with Crippen LogP contribution >= 0.6 is 15.9 Å². The van der Waals surface area contributed by atoms with Crippen molar-refractivity contribution in [3.8, 4) is 0 Å². The van der Waals surface area contributed by atoms with E-state index in [2.05, 4.69) is 21.2 Å². The van der Waals surface area contributed by atoms with Gasteiger partial charge in [0.05, 0.1) is 16.8 Å². The average Bonchev–Trinajstić information content (AvgIpc) is 2.87. The minimum atomic E-state index is -0.652. The molecule has 0 aromatic heterocycles. The number of nitrogens with zero attached hydrogens (tertiary/aromatic N) is 1. The van der Waals surface area contributed by atoms with Gasteiger partial charge in [0.25, 0.3) is 23.6 Å². The second-order valence-electron chi connectivity index (χ2n) is 5.21. The molecule has 0 atom stereocenters. The highest BCUT2D eigenvalue weighted by Crippen LogP contribution is 2.34. The molecule has 2 heterocycles. The fourth-order valence-electron chi connectivity index (χ4n) is 2.60. The van der Waals surface area contributed by atoms with E-state index in [1.54, 1.807) is 24.3 Å². The molecular formula is C16H11BrN2O4. The number of benzene rings is 1. The summed E-state index contributed by atoms with van der Waals surface area (Å²) in [4.78, 5) is 49.7. The summed E-state index contributed by atoms with van der Waals surface area (Å²) in [6.07, 6.45) is 0. The molecule has 7 heteroatoms. The van der Waals surface area contributed by atoms with Crippen molar-refractivity contribution in [2.45, 2.75) is 13.8 Å². The number of amides is 4. The van der Waals surface area contributed by atoms with Crippen molar-refractivity contribution in [1.29, 1.82) is 0 Å². The smallest absolute Gasteiger partial charge is 0.266 e. The molecule has 1 aromatic carbocycles. The lowest BCUT2D eigenvalue weighted by Crippen LogP contribution is -2.32. The third-order valence-corrected chi connectivity index (χ3v) is 4.35. The van der Waals surface area contributed by atoms with Gasteiger partial charge in [-0.2, -0.15) is 0 Å². The van der Waals surface area contributed by atoms with Crippen LogP contribution in [0.4, 0.5) is 5.69 Å². The van der Waals surface area contributed by atoms with Crippen LogP contribution in [0.5, 0.6) is 0 Å². The van der Waals surface area contributed by atoms with Crippen molar-refractivity contribution in [2.24, 2.45) is 0 Å². The molecular weight excluding hydrogens is 364 g/mol. The van der Waals surface area contributed by atoms with Crippen LogP contribution in [-0.4, -0.2) is 23.6 Å². The van der Waals surface area contributed by atoms with E-state index in [1.807, 2.05) is 0 Å². The Hall–Kier alpha value is -2.54. The SMILES string of the molecule is CC1=C(C2=C(C)C(=O)N(c3ccc(Br)cc3)C2=O)C(=O)NC1=O. The molecule has 1 N–H and O–H groups in total. The maximum atomic E-state index is 12.7. The van der Waals surface area contributed by atoms with Crippen LogP contribution in [0.2, 0.25) is 0 Å². The number of hydrogen-bond donors (Lipinski definition) is 1. The van der Waals surface area contributed by atoms with E-state index in [4.69, 9.17) is 0 Å². The van der Waals surface area contributed by atoms with Crippen molar-refractivity contribution < 1.29 is 19.2 Å². The third kappa shape index (κ3) is 2.24. The summed E-state index contributed by atoms with van der Waals surface area (Å²) in [5.74, 6) is -2.30. The second-order valence-corrected chi connectivity index (χ2v) is 6.12. The normalized spacial score (nSPS) is 18.5. The van der Waals surface area contributed by atoms with Crippen LogP contribution in [0, 0.1) is 0 Å². The van der Waals surface area contributed by atoms with Gasteiger partial charge in [0.15, 0.2) is 0 Å². The molecule has 4 amide bonds. The number of anilines is 1. The highest BCUT2D eigenvalue weighted by Gasteiger charge is 2.43. The van der Waals surface area contributed by atoms with E-state index in [0.29, 0.717) is 5.69 Å². The van der Waals surface area contributed by atoms with Gasteiger partial charge in [0, 0.05) is 15.6 Å². The first-order valence-electron chi connectivity index (χ1n) is 6.75. The summed E-state index contributed by atoms with van der Waals surface area (Å²) in [7, 11) is 0. The lowest BCUT2D eigenvalue weighted by atomic mass is 9.99. The van der Waals surface area contributed by atoms with Crippen molar-refractivity contribution >= 4 is 45.2 Å². The largest absolute Gasteiger partial charge is 0.288 e. The quantitative estimate of drug-likeness (QED) is 0.797. The summed E-state index contributed by atoms with van der Waals surface area (Å²) in [5.41, 5.74) is 0.657. The molecule has 0 saturated heterocycles. The Morgan fingerprint density at radius 3 is 1.96 bits per heavy atom. The Bertz CT molecular complexity index is 849. The number of rotatable bonds is 2. The van der Waals surface area contributed by atoms with Crippen molar-refractivity contribution in [2.75, 3.05) is 4.90 Å². The zero-order valence-electron chi connectivity index (χ0n) is 12.3. The zero-order chi connectivity index (χ0) is 16.9. The number of imide groups is 2. The molecule has 0 fully saturated rings. The number of carbonyl (C=O) groups excluding carboxylic acids is 4. The maximum absolute atomic E-state index is 12.7. The van der Waals surface area contributed by atoms with E-state index in [-0.39, 0.29) is 22.3 Å². The first-order valence-corrected chi connectivity index (χ1v) is 7.54. The van der Waals surface area contributed by atoms with Crippen molar-refractivity contribution in [1.82, 2.24) is 5.32 Å². The fourth-order valence-corrected chi connectivity index (χ4v) is 2.87. The van der Waals surface area contributed by atoms with Gasteiger partial charge in [-0.25, -0.2) is 4.90 Å². The molecule has 3 rings (SSSR count). The van der Waals surface area contributed by atoms with E-state index < -0.39 is 23.6 Å². The Balaban J connectivity index is 2.09. The Labute approximate surface area is 140 Å². The first-order chi connectivity index (χ1) is 10.8. The van der Waals surface area contributed by atoms with Crippen LogP contribution < -0.4 is 10.2 Å². The molecule has 0 radical (unpaired) electrons. The van der Waals surface area contributed by atoms with E-state index >= 15 is 0 Å². The van der Waals surface area contributed by atoms with Crippen molar-refractivity contribution in [3.63, 3.8) is 0 Å². The Morgan fingerprint density at radius 1 is 0.826 bits per heavy atom. The van der Waals surface area contributed by atoms with Gasteiger partial charge in [0.2, 0.25) is 0 Å². The molecule has 2 aliphatic heterocycles. The zero-order valence-corrected chi connectivity index (χ0v) is 13.9. The molecule has 0 saturated carbocycles. The summed E-state index contributed by atoms with van der Waals surface area (Å²) in [6.45, 7) is 2.93. The fraction of sp³-hybridized carbons (Fsp3) is 0.125. The minimum absolute atomic E-state index is 0.0150. The van der Waals surface area contributed by atoms with Crippen LogP contribution in [0.1, 0.15) is 13.8 Å². The van der Waals surface area contributed by atoms with E-state index in [0.717, 1.165) is 9.37 Å². The number of hydrogen-bond acceptors (Lipinski definition) is 4. The van der Waals surface area contributed by atoms with Gasteiger partial charge in [-0.15, -0.1) is 0 Å². The molecule has 2 aliphatic rings. The summed E-state index contributed by atoms with van der Waals surface area (Å²) < 4.78 is 0.810. The molecule has 1 aromatic rings. The standard InChI is InChI=1S/C16H11BrN2O4/c1-7-11(14(21)18-13(7)20)12-8(2)15(22)19(16(12)23)10-5-3-9(17)4-6-10/h3-6H,1-2H3,(H,18,20,21). The molecule has 0 bridgehead atoms. The first kappa shape index (κ1) is 15.4. The third-order valence-electron chi connectivity index (χ3n) is 3.82. The molecule has 0 spiro atoms. The van der Waals surface area contributed by atoms with E-state index in [9.17, 15) is 19.2 Å². The highest BCUT2D eigenvalue weighted by molar-refractivity contribution is 9.10. The lowest BCUT2D eigenvalue weighted by molar-refractivity contribution is -0.125. The topological polar surface area (TPSA) is 83.6 Å². The Kier molecular flexibility index (Phi) is 3.52. The Morgan fingerprint density at radius 2 is 1.43 bits per heavy atom. The molecule has 6 nitrogen and oxygen atoms in total. The lowest BCUT2D eigenvalue weighted by Gasteiger charge is -2.15. The average molecular weight is 375 g/mol. The van der Waals surface area contributed by atoms with Gasteiger partial charge in [-0.3, -0.25) is 24.5 Å². The number of halogens is 1.